The lowest BCUT2D eigenvalue weighted by molar-refractivity contribution is -0.141. The van der Waals surface area contributed by atoms with E-state index in [-0.39, 0.29) is 23.2 Å². The van der Waals surface area contributed by atoms with Crippen molar-refractivity contribution in [2.75, 3.05) is 11.1 Å². The number of para-hydroxylation sites is 1. The molecule has 0 fully saturated rings. The van der Waals surface area contributed by atoms with Gasteiger partial charge in [0, 0.05) is 5.69 Å². The minimum Gasteiger partial charge on any atom is -0.487 e. The number of thioether (sulfide) groups is 1. The highest BCUT2D eigenvalue weighted by Crippen LogP contribution is 2.31. The van der Waals surface area contributed by atoms with Crippen LogP contribution in [0.1, 0.15) is 11.4 Å². The van der Waals surface area contributed by atoms with Crippen molar-refractivity contribution in [3.63, 3.8) is 0 Å². The molecule has 1 amide bonds. The van der Waals surface area contributed by atoms with E-state index in [1.807, 2.05) is 0 Å². The number of aromatic nitrogens is 2. The number of hydrogen-bond donors (Lipinski definition) is 1. The number of hydrogen-bond acceptors (Lipinski definition) is 5. The van der Waals surface area contributed by atoms with E-state index >= 15 is 0 Å². The molecule has 2 aromatic carbocycles. The van der Waals surface area contributed by atoms with Crippen LogP contribution in [-0.4, -0.2) is 26.6 Å². The van der Waals surface area contributed by atoms with Crippen molar-refractivity contribution in [2.45, 2.75) is 12.8 Å². The molecule has 1 N–H and O–H groups in total. The largest absolute Gasteiger partial charge is 0.487 e. The van der Waals surface area contributed by atoms with E-state index in [0.717, 1.165) is 10.7 Å². The molecule has 0 aliphatic carbocycles. The number of amidine groups is 1. The summed E-state index contributed by atoms with van der Waals surface area (Å²) in [5, 5.41) is 7.47. The number of carbonyl (C=O) groups excluding carboxylic acids is 1. The van der Waals surface area contributed by atoms with Crippen molar-refractivity contribution in [3.05, 3.63) is 71.0 Å². The van der Waals surface area contributed by atoms with Crippen molar-refractivity contribution >= 4 is 40.1 Å². The van der Waals surface area contributed by atoms with Crippen LogP contribution >= 0.6 is 23.4 Å². The number of alkyl halides is 3. The van der Waals surface area contributed by atoms with Crippen LogP contribution in [0.2, 0.25) is 5.02 Å². The Balaban J connectivity index is 1.51. The molecule has 6 nitrogen and oxygen atoms in total. The van der Waals surface area contributed by atoms with E-state index in [2.05, 4.69) is 15.4 Å². The van der Waals surface area contributed by atoms with Gasteiger partial charge in [0.1, 0.15) is 12.4 Å². The number of rotatable bonds is 5. The SMILES string of the molecule is O=C1CSC(Nc2ccc(OCc3cc(C(F)(F)F)nn3-c3ccccc3Cl)cc2)=N1. The Hall–Kier alpha value is -2.98. The number of anilines is 1. The summed E-state index contributed by atoms with van der Waals surface area (Å²) < 4.78 is 46.4. The van der Waals surface area contributed by atoms with Gasteiger partial charge < -0.3 is 10.1 Å². The molecule has 31 heavy (non-hydrogen) atoms. The van der Waals surface area contributed by atoms with Crippen molar-refractivity contribution in [3.8, 4) is 11.4 Å². The smallest absolute Gasteiger partial charge is 0.435 e. The van der Waals surface area contributed by atoms with Crippen LogP contribution in [0.5, 0.6) is 5.75 Å². The summed E-state index contributed by atoms with van der Waals surface area (Å²) in [7, 11) is 0. The van der Waals surface area contributed by atoms with E-state index in [1.54, 1.807) is 48.5 Å². The Labute approximate surface area is 184 Å². The second-order valence-corrected chi connectivity index (χ2v) is 7.79. The maximum absolute atomic E-state index is 13.2. The van der Waals surface area contributed by atoms with Gasteiger partial charge in [-0.15, -0.1) is 0 Å². The second-order valence-electron chi connectivity index (χ2n) is 6.42. The highest BCUT2D eigenvalue weighted by atomic mass is 35.5. The van der Waals surface area contributed by atoms with Crippen LogP contribution in [0, 0.1) is 0 Å². The molecule has 4 rings (SSSR count). The van der Waals surface area contributed by atoms with Gasteiger partial charge in [0.25, 0.3) is 5.91 Å². The molecule has 0 radical (unpaired) electrons. The average Bonchev–Trinajstić information content (AvgIpc) is 3.34. The summed E-state index contributed by atoms with van der Waals surface area (Å²) in [6.07, 6.45) is -4.60. The van der Waals surface area contributed by atoms with Crippen molar-refractivity contribution in [1.29, 1.82) is 0 Å². The van der Waals surface area contributed by atoms with E-state index < -0.39 is 11.9 Å². The normalized spacial score (nSPS) is 13.9. The van der Waals surface area contributed by atoms with E-state index in [0.29, 0.717) is 28.0 Å². The van der Waals surface area contributed by atoms with Crippen LogP contribution < -0.4 is 10.1 Å². The number of benzene rings is 2. The standard InChI is InChI=1S/C20H14ClF3N4O2S/c21-15-3-1-2-4-16(15)28-13(9-17(27-28)20(22,23)24)10-30-14-7-5-12(6-8-14)25-19-26-18(29)11-31-19/h1-9H,10-11H2,(H,25,26,29). The van der Waals surface area contributed by atoms with Gasteiger partial charge in [-0.05, 0) is 42.5 Å². The summed E-state index contributed by atoms with van der Waals surface area (Å²) in [5.74, 6) is 0.562. The maximum Gasteiger partial charge on any atom is 0.435 e. The molecule has 2 heterocycles. The highest BCUT2D eigenvalue weighted by Gasteiger charge is 2.35. The van der Waals surface area contributed by atoms with Gasteiger partial charge in [0.15, 0.2) is 10.9 Å². The highest BCUT2D eigenvalue weighted by molar-refractivity contribution is 8.15. The lowest BCUT2D eigenvalue weighted by Gasteiger charge is -2.11. The molecule has 1 aliphatic heterocycles. The Morgan fingerprint density at radius 2 is 1.90 bits per heavy atom. The van der Waals surface area contributed by atoms with Crippen molar-refractivity contribution in [2.24, 2.45) is 4.99 Å². The number of aliphatic imine (C=N–C) groups is 1. The fourth-order valence-corrected chi connectivity index (χ4v) is 3.68. The fraction of sp³-hybridized carbons (Fsp3) is 0.150. The van der Waals surface area contributed by atoms with Crippen LogP contribution in [0.25, 0.3) is 5.69 Å². The van der Waals surface area contributed by atoms with E-state index in [1.165, 1.54) is 11.8 Å². The van der Waals surface area contributed by atoms with Crippen LogP contribution in [0.15, 0.2) is 59.6 Å². The third-order valence-corrected chi connectivity index (χ3v) is 5.38. The molecule has 1 aliphatic rings. The van der Waals surface area contributed by atoms with Gasteiger partial charge >= 0.3 is 6.18 Å². The van der Waals surface area contributed by atoms with Crippen molar-refractivity contribution < 1.29 is 22.7 Å². The Morgan fingerprint density at radius 3 is 2.55 bits per heavy atom. The molecule has 11 heteroatoms. The molecular formula is C20H14ClF3N4O2S. The zero-order chi connectivity index (χ0) is 22.0. The van der Waals surface area contributed by atoms with Gasteiger partial charge in [0.2, 0.25) is 0 Å². The first kappa shape index (κ1) is 21.3. The minimum atomic E-state index is -4.60. The predicted molar refractivity (Wildman–Crippen MR) is 113 cm³/mol. The fourth-order valence-electron chi connectivity index (χ4n) is 2.78. The molecule has 0 unspecified atom stereocenters. The van der Waals surface area contributed by atoms with Gasteiger partial charge in [-0.3, -0.25) is 4.79 Å². The monoisotopic (exact) mass is 466 g/mol. The molecule has 1 aromatic heterocycles. The molecule has 3 aromatic rings. The molecule has 0 saturated heterocycles. The van der Waals surface area contributed by atoms with E-state index in [9.17, 15) is 18.0 Å². The Bertz CT molecular complexity index is 1150. The zero-order valence-electron chi connectivity index (χ0n) is 15.7. The van der Waals surface area contributed by atoms with Gasteiger partial charge in [-0.25, -0.2) is 4.68 Å². The average molecular weight is 467 g/mol. The topological polar surface area (TPSA) is 68.5 Å². The molecule has 160 valence electrons. The Morgan fingerprint density at radius 1 is 1.16 bits per heavy atom. The summed E-state index contributed by atoms with van der Waals surface area (Å²) in [6, 6.07) is 14.2. The summed E-state index contributed by atoms with van der Waals surface area (Å²) in [4.78, 5) is 15.0. The second kappa shape index (κ2) is 8.64. The predicted octanol–water partition coefficient (Wildman–Crippen LogP) is 5.16. The van der Waals surface area contributed by atoms with Gasteiger partial charge in [-0.2, -0.15) is 23.3 Å². The zero-order valence-corrected chi connectivity index (χ0v) is 17.3. The number of halogens is 4. The quantitative estimate of drug-likeness (QED) is 0.562. The summed E-state index contributed by atoms with van der Waals surface area (Å²) in [5.41, 5.74) is 0.184. The van der Waals surface area contributed by atoms with Gasteiger partial charge in [-0.1, -0.05) is 35.5 Å². The number of ether oxygens (including phenoxy) is 1. The molecule has 0 atom stereocenters. The lowest BCUT2D eigenvalue weighted by atomic mass is 10.3. The minimum absolute atomic E-state index is 0.155. The van der Waals surface area contributed by atoms with Crippen LogP contribution in [-0.2, 0) is 17.6 Å². The number of carbonyl (C=O) groups is 1. The number of nitrogens with zero attached hydrogens (tertiary/aromatic N) is 3. The maximum atomic E-state index is 13.2. The third-order valence-electron chi connectivity index (χ3n) is 4.21. The molecule has 0 saturated carbocycles. The van der Waals surface area contributed by atoms with Crippen molar-refractivity contribution in [1.82, 2.24) is 9.78 Å². The summed E-state index contributed by atoms with van der Waals surface area (Å²) >= 11 is 7.45. The molecule has 0 bridgehead atoms. The first-order valence-corrected chi connectivity index (χ1v) is 10.3. The van der Waals surface area contributed by atoms with Gasteiger partial charge in [0.05, 0.1) is 22.2 Å². The number of nitrogens with one attached hydrogen (secondary N) is 1. The first-order chi connectivity index (χ1) is 14.8. The Kier molecular flexibility index (Phi) is 5.92. The first-order valence-electron chi connectivity index (χ1n) is 8.95. The molecular weight excluding hydrogens is 453 g/mol. The van der Waals surface area contributed by atoms with Crippen LogP contribution in [0.4, 0.5) is 18.9 Å². The third kappa shape index (κ3) is 5.02. The lowest BCUT2D eigenvalue weighted by Crippen LogP contribution is -2.08. The molecule has 0 spiro atoms. The van der Waals surface area contributed by atoms with E-state index in [4.69, 9.17) is 16.3 Å². The summed E-state index contributed by atoms with van der Waals surface area (Å²) in [6.45, 7) is -0.155. The number of amides is 1. The van der Waals surface area contributed by atoms with Crippen LogP contribution in [0.3, 0.4) is 0 Å².